The third-order valence-corrected chi connectivity index (χ3v) is 4.80. The third-order valence-electron chi connectivity index (χ3n) is 4.31. The van der Waals surface area contributed by atoms with Crippen molar-refractivity contribution in [3.05, 3.63) is 63.9 Å². The molecule has 1 amide bonds. The fraction of sp³-hybridized carbons (Fsp3) is 0.235. The Hall–Kier alpha value is -1.76. The van der Waals surface area contributed by atoms with Crippen LogP contribution < -0.4 is 5.32 Å². The first kappa shape index (κ1) is 14.8. The Morgan fingerprint density at radius 3 is 2.87 bits per heavy atom. The van der Waals surface area contributed by atoms with E-state index >= 15 is 0 Å². The largest absolute Gasteiger partial charge is 0.350 e. The van der Waals surface area contributed by atoms with Crippen molar-refractivity contribution >= 4 is 27.5 Å². The molecule has 4 rings (SSSR count). The number of carbonyl (C=O) groups excluding carboxylic acids is 1. The summed E-state index contributed by atoms with van der Waals surface area (Å²) in [7, 11) is 0. The number of ether oxygens (including phenoxy) is 1. The minimum Gasteiger partial charge on any atom is -0.350 e. The zero-order chi connectivity index (χ0) is 16.0. The van der Waals surface area contributed by atoms with E-state index in [1.54, 1.807) is 18.2 Å². The van der Waals surface area contributed by atoms with Crippen LogP contribution >= 0.6 is 15.9 Å². The highest BCUT2D eigenvalue weighted by Gasteiger charge is 2.50. The summed E-state index contributed by atoms with van der Waals surface area (Å²) in [6.45, 7) is 1.15. The van der Waals surface area contributed by atoms with E-state index in [1.807, 2.05) is 23.1 Å². The predicted molar refractivity (Wildman–Crippen MR) is 87.5 cm³/mol. The van der Waals surface area contributed by atoms with Crippen molar-refractivity contribution < 1.29 is 13.9 Å². The van der Waals surface area contributed by atoms with Gasteiger partial charge in [0.05, 0.1) is 13.2 Å². The molecule has 0 spiro atoms. The Bertz CT molecular complexity index is 798. The lowest BCUT2D eigenvalue weighted by atomic mass is 10.1. The summed E-state index contributed by atoms with van der Waals surface area (Å²) < 4.78 is 21.5. The predicted octanol–water partition coefficient (Wildman–Crippen LogP) is 3.07. The average molecular weight is 383 g/mol. The number of halogens is 2. The topological polar surface area (TPSA) is 41.6 Å². The maximum atomic E-state index is 14.6. The van der Waals surface area contributed by atoms with Gasteiger partial charge in [0.15, 0.2) is 5.72 Å². The van der Waals surface area contributed by atoms with Gasteiger partial charge in [0, 0.05) is 27.8 Å². The van der Waals surface area contributed by atoms with Crippen LogP contribution in [0.4, 0.5) is 10.1 Å². The van der Waals surface area contributed by atoms with Crippen molar-refractivity contribution in [1.29, 1.82) is 0 Å². The molecule has 0 radical (unpaired) electrons. The van der Waals surface area contributed by atoms with Crippen LogP contribution in [-0.2, 0) is 15.3 Å². The van der Waals surface area contributed by atoms with E-state index < -0.39 is 5.72 Å². The maximum absolute atomic E-state index is 14.6. The molecular weight excluding hydrogens is 369 g/mol. The van der Waals surface area contributed by atoms with Crippen LogP contribution in [0.2, 0.25) is 0 Å². The van der Waals surface area contributed by atoms with Crippen LogP contribution in [0.5, 0.6) is 0 Å². The van der Waals surface area contributed by atoms with Gasteiger partial charge in [-0.15, -0.1) is 0 Å². The van der Waals surface area contributed by atoms with E-state index in [0.29, 0.717) is 24.4 Å². The van der Waals surface area contributed by atoms with E-state index in [0.717, 1.165) is 10.0 Å². The Morgan fingerprint density at radius 1 is 1.22 bits per heavy atom. The van der Waals surface area contributed by atoms with Crippen molar-refractivity contribution in [2.24, 2.45) is 0 Å². The number of hydrogen-bond donors (Lipinski definition) is 1. The summed E-state index contributed by atoms with van der Waals surface area (Å²) in [6.07, 6.45) is 0. The van der Waals surface area contributed by atoms with E-state index in [-0.39, 0.29) is 18.3 Å². The van der Waals surface area contributed by atoms with Gasteiger partial charge in [-0.1, -0.05) is 34.1 Å². The molecule has 1 fully saturated rings. The maximum Gasteiger partial charge on any atom is 0.238 e. The minimum absolute atomic E-state index is 0.128. The van der Waals surface area contributed by atoms with Crippen molar-refractivity contribution in [3.63, 3.8) is 0 Å². The van der Waals surface area contributed by atoms with Gasteiger partial charge in [-0.25, -0.2) is 4.39 Å². The van der Waals surface area contributed by atoms with Crippen molar-refractivity contribution in [2.75, 3.05) is 25.0 Å². The van der Waals surface area contributed by atoms with Gasteiger partial charge in [0.25, 0.3) is 0 Å². The second-order valence-corrected chi connectivity index (χ2v) is 6.55. The Morgan fingerprint density at radius 2 is 2.04 bits per heavy atom. The summed E-state index contributed by atoms with van der Waals surface area (Å²) >= 11 is 3.46. The SMILES string of the molecule is O=C1CN2CCOC2(c2ccccc2F)[13c]2[13cH][13c](Br)[13cH][13cH][13c]2N1. The molecule has 1 N–H and O–H groups in total. The third kappa shape index (κ3) is 2.21. The number of fused-ring (bicyclic) bond motifs is 3. The number of benzene rings is 2. The Kier molecular flexibility index (Phi) is 3.48. The number of amides is 1. The lowest BCUT2D eigenvalue weighted by molar-refractivity contribution is -0.121. The van der Waals surface area contributed by atoms with E-state index in [4.69, 9.17) is 4.74 Å². The van der Waals surface area contributed by atoms with Crippen molar-refractivity contribution in [1.82, 2.24) is 4.90 Å². The smallest absolute Gasteiger partial charge is 0.238 e. The van der Waals surface area contributed by atoms with E-state index in [9.17, 15) is 9.18 Å². The number of carbonyl (C=O) groups is 1. The molecule has 6 heteroatoms. The molecule has 4 nitrogen and oxygen atoms in total. The Balaban J connectivity index is 2.04. The number of rotatable bonds is 1. The molecule has 1 unspecified atom stereocenters. The molecule has 2 heterocycles. The average Bonchev–Trinajstić information content (AvgIpc) is 2.89. The highest BCUT2D eigenvalue weighted by atomic mass is 79.9. The molecule has 1 saturated heterocycles. The molecule has 2 aromatic rings. The number of nitrogens with one attached hydrogen (secondary N) is 1. The standard InChI is InChI=1S/C17H14BrFN2O2/c18-11-5-6-15-13(9-11)17(12-3-1-2-4-14(12)19)21(7-8-23-17)10-16(22)20-15/h1-6,9H,7-8,10H2,(H,20,22)/i5+1,6+1,9+1,11+1,13+1,15+1. The van der Waals surface area contributed by atoms with Crippen LogP contribution in [0.25, 0.3) is 0 Å². The molecule has 2 aromatic carbocycles. The van der Waals surface area contributed by atoms with Gasteiger partial charge in [-0.05, 0) is 24.3 Å². The molecule has 23 heavy (non-hydrogen) atoms. The quantitative estimate of drug-likeness (QED) is 0.823. The lowest BCUT2D eigenvalue weighted by Crippen LogP contribution is -2.45. The zero-order valence-corrected chi connectivity index (χ0v) is 13.8. The van der Waals surface area contributed by atoms with Gasteiger partial charge in [0.2, 0.25) is 5.91 Å². The van der Waals surface area contributed by atoms with Crippen molar-refractivity contribution in [2.45, 2.75) is 5.72 Å². The highest BCUT2D eigenvalue weighted by molar-refractivity contribution is 9.10. The summed E-state index contributed by atoms with van der Waals surface area (Å²) in [6, 6.07) is 12.1. The van der Waals surface area contributed by atoms with Crippen molar-refractivity contribution in [3.8, 4) is 0 Å². The van der Waals surface area contributed by atoms with Crippen LogP contribution in [-0.4, -0.2) is 30.5 Å². The fourth-order valence-corrected chi connectivity index (χ4v) is 3.75. The Labute approximate surface area is 141 Å². The second-order valence-electron chi connectivity index (χ2n) is 5.63. The number of nitrogens with zero attached hydrogens (tertiary/aromatic N) is 1. The monoisotopic (exact) mass is 382 g/mol. The van der Waals surface area contributed by atoms with Gasteiger partial charge in [0.1, 0.15) is 5.82 Å². The zero-order valence-electron chi connectivity index (χ0n) is 12.2. The lowest BCUT2D eigenvalue weighted by Gasteiger charge is -2.36. The molecule has 118 valence electrons. The molecule has 0 bridgehead atoms. The van der Waals surface area contributed by atoms with Crippen LogP contribution in [0.1, 0.15) is 11.1 Å². The molecule has 0 aliphatic carbocycles. The normalized spacial score (nSPS) is 23.8. The molecule has 2 aliphatic rings. The minimum atomic E-state index is -1.09. The summed E-state index contributed by atoms with van der Waals surface area (Å²) in [5.74, 6) is -0.475. The summed E-state index contributed by atoms with van der Waals surface area (Å²) in [4.78, 5) is 14.1. The second kappa shape index (κ2) is 5.40. The highest BCUT2D eigenvalue weighted by Crippen LogP contribution is 2.46. The number of anilines is 1. The summed E-state index contributed by atoms with van der Waals surface area (Å²) in [5.41, 5.74) is 0.711. The molecule has 2 aliphatic heterocycles. The van der Waals surface area contributed by atoms with E-state index in [2.05, 4.69) is 21.2 Å². The first-order valence-corrected chi connectivity index (χ1v) is 8.14. The first-order chi connectivity index (χ1) is 11.1. The first-order valence-electron chi connectivity index (χ1n) is 7.35. The van der Waals surface area contributed by atoms with Crippen LogP contribution in [0.3, 0.4) is 0 Å². The van der Waals surface area contributed by atoms with Gasteiger partial charge < -0.3 is 10.1 Å². The van der Waals surface area contributed by atoms with E-state index in [1.165, 1.54) is 6.07 Å². The molecule has 0 saturated carbocycles. The molecule has 0 aromatic heterocycles. The summed E-state index contributed by atoms with van der Waals surface area (Å²) in [5, 5.41) is 2.89. The fourth-order valence-electron chi connectivity index (χ4n) is 3.39. The van der Waals surface area contributed by atoms with Gasteiger partial charge >= 0.3 is 0 Å². The molecule has 1 atom stereocenters. The molecular formula is C17H14BrFN2O2. The van der Waals surface area contributed by atoms with Gasteiger partial charge in [-0.3, -0.25) is 9.69 Å². The van der Waals surface area contributed by atoms with Gasteiger partial charge in [-0.2, -0.15) is 0 Å². The van der Waals surface area contributed by atoms with Crippen LogP contribution in [0.15, 0.2) is 46.9 Å². The van der Waals surface area contributed by atoms with Crippen LogP contribution in [0, 0.1) is 5.82 Å². The number of hydrogen-bond acceptors (Lipinski definition) is 3.